The van der Waals surface area contributed by atoms with E-state index in [1.165, 1.54) is 6.07 Å². The van der Waals surface area contributed by atoms with E-state index >= 15 is 0 Å². The second-order valence-electron chi connectivity index (χ2n) is 4.71. The first kappa shape index (κ1) is 14.1. The van der Waals surface area contributed by atoms with Crippen molar-refractivity contribution in [2.75, 3.05) is 18.0 Å². The zero-order valence-electron chi connectivity index (χ0n) is 11.3. The summed E-state index contributed by atoms with van der Waals surface area (Å²) < 4.78 is 0. The van der Waals surface area contributed by atoms with E-state index in [2.05, 4.69) is 11.9 Å². The van der Waals surface area contributed by atoms with E-state index in [9.17, 15) is 9.59 Å². The largest absolute Gasteiger partial charge is 0.478 e. The van der Waals surface area contributed by atoms with Crippen molar-refractivity contribution in [2.45, 2.75) is 19.3 Å². The molecule has 2 amide bonds. The van der Waals surface area contributed by atoms with Gasteiger partial charge in [0.15, 0.2) is 0 Å². The summed E-state index contributed by atoms with van der Waals surface area (Å²) in [4.78, 5) is 24.8. The highest BCUT2D eigenvalue weighted by atomic mass is 16.4. The normalized spacial score (nSPS) is 13.5. The average Bonchev–Trinajstić information content (AvgIpc) is 2.46. The van der Waals surface area contributed by atoms with Crippen molar-refractivity contribution in [3.05, 3.63) is 42.0 Å². The molecule has 0 atom stereocenters. The molecular formula is C15H18N2O3. The summed E-state index contributed by atoms with van der Waals surface area (Å²) in [6.45, 7) is 4.82. The van der Waals surface area contributed by atoms with Crippen molar-refractivity contribution in [3.63, 3.8) is 0 Å². The van der Waals surface area contributed by atoms with E-state index in [0.29, 0.717) is 13.1 Å². The van der Waals surface area contributed by atoms with Gasteiger partial charge in [-0.3, -0.25) is 4.90 Å². The molecule has 5 heteroatoms. The van der Waals surface area contributed by atoms with Crippen LogP contribution in [0.25, 0.3) is 0 Å². The Bertz CT molecular complexity index is 540. The van der Waals surface area contributed by atoms with Gasteiger partial charge >= 0.3 is 12.0 Å². The molecule has 2 rings (SSSR count). The number of rotatable bonds is 4. The van der Waals surface area contributed by atoms with Crippen molar-refractivity contribution in [2.24, 2.45) is 0 Å². The van der Waals surface area contributed by atoms with Gasteiger partial charge in [-0.2, -0.15) is 0 Å². The zero-order valence-corrected chi connectivity index (χ0v) is 11.3. The molecule has 0 aliphatic carbocycles. The third-order valence-electron chi connectivity index (χ3n) is 3.31. The minimum absolute atomic E-state index is 0.143. The van der Waals surface area contributed by atoms with E-state index in [1.54, 1.807) is 23.1 Å². The Morgan fingerprint density at radius 2 is 2.25 bits per heavy atom. The maximum absolute atomic E-state index is 12.1. The number of benzene rings is 1. The molecule has 0 aromatic heterocycles. The maximum atomic E-state index is 12.1. The number of aromatic carboxylic acids is 1. The molecule has 0 spiro atoms. The molecule has 1 aliphatic rings. The molecule has 20 heavy (non-hydrogen) atoms. The fourth-order valence-corrected chi connectivity index (χ4v) is 2.32. The number of nitrogens with zero attached hydrogens (tertiary/aromatic N) is 1. The summed E-state index contributed by atoms with van der Waals surface area (Å²) in [5, 5.41) is 11.8. The lowest BCUT2D eigenvalue weighted by Gasteiger charge is -2.29. The van der Waals surface area contributed by atoms with Gasteiger partial charge in [-0.05, 0) is 43.0 Å². The molecule has 1 aliphatic heterocycles. The van der Waals surface area contributed by atoms with Crippen LogP contribution in [0.5, 0.6) is 0 Å². The predicted octanol–water partition coefficient (Wildman–Crippen LogP) is 2.42. The first-order chi connectivity index (χ1) is 9.63. The Balaban J connectivity index is 2.17. The Hall–Kier alpha value is -2.30. The van der Waals surface area contributed by atoms with Gasteiger partial charge in [0.25, 0.3) is 0 Å². The smallest absolute Gasteiger partial charge is 0.335 e. The number of nitrogens with one attached hydrogen (secondary N) is 1. The Kier molecular flexibility index (Phi) is 4.40. The van der Waals surface area contributed by atoms with Gasteiger partial charge in [0.2, 0.25) is 0 Å². The second kappa shape index (κ2) is 6.23. The summed E-state index contributed by atoms with van der Waals surface area (Å²) in [5.41, 5.74) is 1.98. The fraction of sp³-hybridized carbons (Fsp3) is 0.333. The molecule has 0 unspecified atom stereocenters. The minimum Gasteiger partial charge on any atom is -0.478 e. The molecule has 2 N–H and O–H groups in total. The highest BCUT2D eigenvalue weighted by molar-refractivity contribution is 5.95. The summed E-state index contributed by atoms with van der Waals surface area (Å²) in [6.07, 6.45) is 4.12. The number of aryl methyl sites for hydroxylation is 1. The van der Waals surface area contributed by atoms with Crippen LogP contribution in [0.2, 0.25) is 0 Å². The third-order valence-corrected chi connectivity index (χ3v) is 3.31. The SMILES string of the molecule is C=CCCNC(=O)N1CCCc2cc(C(=O)O)ccc21. The number of carbonyl (C=O) groups excluding carboxylic acids is 1. The van der Waals surface area contributed by atoms with Gasteiger partial charge in [-0.1, -0.05) is 6.08 Å². The Morgan fingerprint density at radius 3 is 2.95 bits per heavy atom. The van der Waals surface area contributed by atoms with E-state index in [0.717, 1.165) is 30.5 Å². The molecule has 5 nitrogen and oxygen atoms in total. The van der Waals surface area contributed by atoms with Crippen LogP contribution in [-0.2, 0) is 6.42 Å². The van der Waals surface area contributed by atoms with Gasteiger partial charge in [0, 0.05) is 18.8 Å². The minimum atomic E-state index is -0.944. The molecule has 0 bridgehead atoms. The number of fused-ring (bicyclic) bond motifs is 1. The maximum Gasteiger partial charge on any atom is 0.335 e. The van der Waals surface area contributed by atoms with Gasteiger partial charge in [0.1, 0.15) is 0 Å². The van der Waals surface area contributed by atoms with Crippen molar-refractivity contribution in [3.8, 4) is 0 Å². The molecule has 1 aromatic rings. The van der Waals surface area contributed by atoms with Crippen molar-refractivity contribution in [1.82, 2.24) is 5.32 Å². The molecule has 1 heterocycles. The molecule has 1 aromatic carbocycles. The van der Waals surface area contributed by atoms with E-state index in [-0.39, 0.29) is 11.6 Å². The van der Waals surface area contributed by atoms with Crippen LogP contribution >= 0.6 is 0 Å². The van der Waals surface area contributed by atoms with Crippen LogP contribution in [0.4, 0.5) is 10.5 Å². The van der Waals surface area contributed by atoms with Crippen LogP contribution < -0.4 is 10.2 Å². The van der Waals surface area contributed by atoms with Crippen LogP contribution in [-0.4, -0.2) is 30.2 Å². The average molecular weight is 274 g/mol. The standard InChI is InChI=1S/C15H18N2O3/c1-2-3-8-16-15(20)17-9-4-5-11-10-12(14(18)19)6-7-13(11)17/h2,6-7,10H,1,3-5,8-9H2,(H,16,20)(H,18,19). The Labute approximate surface area is 117 Å². The molecule has 0 saturated carbocycles. The lowest BCUT2D eigenvalue weighted by molar-refractivity contribution is 0.0696. The molecule has 0 saturated heterocycles. The number of carbonyl (C=O) groups is 2. The summed E-state index contributed by atoms with van der Waals surface area (Å²) in [5.74, 6) is -0.944. The van der Waals surface area contributed by atoms with Gasteiger partial charge in [0.05, 0.1) is 5.56 Å². The Morgan fingerprint density at radius 1 is 1.45 bits per heavy atom. The molecule has 0 radical (unpaired) electrons. The number of hydrogen-bond acceptors (Lipinski definition) is 2. The van der Waals surface area contributed by atoms with Crippen LogP contribution in [0.1, 0.15) is 28.8 Å². The van der Waals surface area contributed by atoms with E-state index in [1.807, 2.05) is 0 Å². The van der Waals surface area contributed by atoms with Crippen molar-refractivity contribution >= 4 is 17.7 Å². The zero-order chi connectivity index (χ0) is 14.5. The van der Waals surface area contributed by atoms with E-state index < -0.39 is 5.97 Å². The van der Waals surface area contributed by atoms with Gasteiger partial charge in [-0.25, -0.2) is 9.59 Å². The molecule has 0 fully saturated rings. The number of carboxylic acid groups (broad SMARTS) is 1. The van der Waals surface area contributed by atoms with Gasteiger partial charge < -0.3 is 10.4 Å². The second-order valence-corrected chi connectivity index (χ2v) is 4.71. The number of carboxylic acids is 1. The fourth-order valence-electron chi connectivity index (χ4n) is 2.32. The summed E-state index contributed by atoms with van der Waals surface area (Å²) >= 11 is 0. The third kappa shape index (κ3) is 2.99. The van der Waals surface area contributed by atoms with Gasteiger partial charge in [-0.15, -0.1) is 6.58 Å². The number of hydrogen-bond donors (Lipinski definition) is 2. The monoisotopic (exact) mass is 274 g/mol. The lowest BCUT2D eigenvalue weighted by Crippen LogP contribution is -2.43. The topological polar surface area (TPSA) is 69.6 Å². The lowest BCUT2D eigenvalue weighted by atomic mass is 9.99. The number of amides is 2. The van der Waals surface area contributed by atoms with E-state index in [4.69, 9.17) is 5.11 Å². The van der Waals surface area contributed by atoms with Crippen LogP contribution in [0.3, 0.4) is 0 Å². The summed E-state index contributed by atoms with van der Waals surface area (Å²) in [6, 6.07) is 4.76. The molecule has 106 valence electrons. The van der Waals surface area contributed by atoms with Crippen LogP contribution in [0.15, 0.2) is 30.9 Å². The first-order valence-electron chi connectivity index (χ1n) is 6.66. The predicted molar refractivity (Wildman–Crippen MR) is 77.3 cm³/mol. The highest BCUT2D eigenvalue weighted by Crippen LogP contribution is 2.28. The molecular weight excluding hydrogens is 256 g/mol. The van der Waals surface area contributed by atoms with Crippen molar-refractivity contribution < 1.29 is 14.7 Å². The van der Waals surface area contributed by atoms with Crippen LogP contribution in [0, 0.1) is 0 Å². The number of urea groups is 1. The first-order valence-corrected chi connectivity index (χ1v) is 6.66. The van der Waals surface area contributed by atoms with Crippen molar-refractivity contribution in [1.29, 1.82) is 0 Å². The quantitative estimate of drug-likeness (QED) is 0.654. The number of anilines is 1. The highest BCUT2D eigenvalue weighted by Gasteiger charge is 2.23. The summed E-state index contributed by atoms with van der Waals surface area (Å²) in [7, 11) is 0.